The lowest BCUT2D eigenvalue weighted by Crippen LogP contribution is -2.44. The Bertz CT molecular complexity index is 1260. The number of amides is 2. The van der Waals surface area contributed by atoms with E-state index in [4.69, 9.17) is 0 Å². The molecule has 0 aliphatic carbocycles. The number of halogens is 2. The van der Waals surface area contributed by atoms with Crippen LogP contribution in [-0.4, -0.2) is 16.7 Å². The zero-order valence-electron chi connectivity index (χ0n) is 18.9. The number of nitrogens with one attached hydrogen (secondary N) is 1. The van der Waals surface area contributed by atoms with Gasteiger partial charge in [-0.15, -0.1) is 11.3 Å². The number of nitrogens with zero attached hydrogens (tertiary/aromatic N) is 1. The molecule has 1 aromatic heterocycles. The second-order valence-corrected chi connectivity index (χ2v) is 9.06. The first-order chi connectivity index (χ1) is 17.0. The number of hydrogen-bond acceptors (Lipinski definition) is 3. The second-order valence-electron chi connectivity index (χ2n) is 8.03. The highest BCUT2D eigenvalue weighted by Gasteiger charge is 2.33. The molecule has 0 bridgehead atoms. The van der Waals surface area contributed by atoms with E-state index in [1.165, 1.54) is 46.6 Å². The van der Waals surface area contributed by atoms with Crippen LogP contribution in [0.2, 0.25) is 0 Å². The van der Waals surface area contributed by atoms with Crippen LogP contribution in [0.25, 0.3) is 0 Å². The smallest absolute Gasteiger partial charge is 0.247 e. The highest BCUT2D eigenvalue weighted by molar-refractivity contribution is 7.10. The summed E-state index contributed by atoms with van der Waals surface area (Å²) in [5.74, 6) is -1.82. The van der Waals surface area contributed by atoms with Gasteiger partial charge in [-0.1, -0.05) is 66.7 Å². The molecule has 0 unspecified atom stereocenters. The molecule has 1 atom stereocenters. The molecule has 4 aromatic rings. The van der Waals surface area contributed by atoms with Gasteiger partial charge in [0.2, 0.25) is 11.8 Å². The summed E-state index contributed by atoms with van der Waals surface area (Å²) in [6.07, 6.45) is 0.0653. The lowest BCUT2D eigenvalue weighted by molar-refractivity contribution is -0.141. The Morgan fingerprint density at radius 1 is 0.829 bits per heavy atom. The number of hydrogen-bond donors (Lipinski definition) is 1. The number of benzene rings is 3. The van der Waals surface area contributed by atoms with E-state index in [-0.39, 0.29) is 31.0 Å². The molecule has 0 saturated carbocycles. The summed E-state index contributed by atoms with van der Waals surface area (Å²) >= 11 is 1.43. The van der Waals surface area contributed by atoms with E-state index < -0.39 is 23.6 Å². The normalized spacial score (nSPS) is 11.6. The minimum Gasteiger partial charge on any atom is -0.350 e. The molecule has 0 spiro atoms. The van der Waals surface area contributed by atoms with Crippen molar-refractivity contribution in [3.63, 3.8) is 0 Å². The van der Waals surface area contributed by atoms with Crippen LogP contribution in [-0.2, 0) is 29.1 Å². The van der Waals surface area contributed by atoms with Crippen LogP contribution in [0.5, 0.6) is 0 Å². The van der Waals surface area contributed by atoms with E-state index in [0.717, 1.165) is 10.4 Å². The van der Waals surface area contributed by atoms with Crippen molar-refractivity contribution in [2.24, 2.45) is 0 Å². The van der Waals surface area contributed by atoms with Crippen LogP contribution < -0.4 is 5.32 Å². The molecule has 4 rings (SSSR count). The average Bonchev–Trinajstić information content (AvgIpc) is 3.38. The molecular formula is C28H24F2N2O2S. The Labute approximate surface area is 206 Å². The van der Waals surface area contributed by atoms with Gasteiger partial charge in [0.1, 0.15) is 17.7 Å². The monoisotopic (exact) mass is 490 g/mol. The van der Waals surface area contributed by atoms with Crippen LogP contribution in [0.1, 0.15) is 27.6 Å². The van der Waals surface area contributed by atoms with Crippen molar-refractivity contribution in [2.75, 3.05) is 0 Å². The van der Waals surface area contributed by atoms with Gasteiger partial charge in [0, 0.05) is 23.5 Å². The van der Waals surface area contributed by atoms with Gasteiger partial charge in [-0.25, -0.2) is 8.78 Å². The summed E-state index contributed by atoms with van der Waals surface area (Å²) in [4.78, 5) is 29.3. The zero-order valence-corrected chi connectivity index (χ0v) is 19.7. The summed E-state index contributed by atoms with van der Waals surface area (Å²) in [6.45, 7) is 0.246. The predicted octanol–water partition coefficient (Wildman–Crippen LogP) is 5.66. The van der Waals surface area contributed by atoms with E-state index in [1.54, 1.807) is 18.2 Å². The Hall–Kier alpha value is -3.84. The van der Waals surface area contributed by atoms with E-state index in [0.29, 0.717) is 5.56 Å². The number of thiophene rings is 1. The first-order valence-corrected chi connectivity index (χ1v) is 12.0. The minimum atomic E-state index is -1.21. The molecule has 0 aliphatic heterocycles. The average molecular weight is 491 g/mol. The maximum absolute atomic E-state index is 15.0. The standard InChI is InChI=1S/C28H24F2N2O2S/c29-22-14-12-21(13-15-22)19-32(26(33)17-23-9-6-16-35-23)27(24-10-4-5-11-25(24)30)28(34)31-18-20-7-2-1-3-8-20/h1-16,27H,17-19H2,(H,31,34)/t27-/m1/s1. The fourth-order valence-electron chi connectivity index (χ4n) is 3.80. The molecule has 0 aliphatic rings. The summed E-state index contributed by atoms with van der Waals surface area (Å²) in [5.41, 5.74) is 1.60. The highest BCUT2D eigenvalue weighted by atomic mass is 32.1. The molecule has 1 heterocycles. The molecule has 4 nitrogen and oxygen atoms in total. The SMILES string of the molecule is O=C(NCc1ccccc1)[C@@H](c1ccccc1F)N(Cc1ccc(F)cc1)C(=O)Cc1cccs1. The van der Waals surface area contributed by atoms with Gasteiger partial charge >= 0.3 is 0 Å². The van der Waals surface area contributed by atoms with E-state index in [9.17, 15) is 18.4 Å². The zero-order chi connectivity index (χ0) is 24.6. The summed E-state index contributed by atoms with van der Waals surface area (Å²) in [7, 11) is 0. The maximum atomic E-state index is 15.0. The molecule has 3 aromatic carbocycles. The van der Waals surface area contributed by atoms with E-state index in [2.05, 4.69) is 5.32 Å². The fraction of sp³-hybridized carbons (Fsp3) is 0.143. The number of rotatable bonds is 9. The van der Waals surface area contributed by atoms with Crippen molar-refractivity contribution in [3.8, 4) is 0 Å². The largest absolute Gasteiger partial charge is 0.350 e. The lowest BCUT2D eigenvalue weighted by Gasteiger charge is -2.32. The van der Waals surface area contributed by atoms with Gasteiger partial charge in [-0.2, -0.15) is 0 Å². The molecular weight excluding hydrogens is 466 g/mol. The van der Waals surface area contributed by atoms with Gasteiger partial charge in [-0.3, -0.25) is 9.59 Å². The van der Waals surface area contributed by atoms with Crippen molar-refractivity contribution < 1.29 is 18.4 Å². The third kappa shape index (κ3) is 6.39. The molecule has 0 fully saturated rings. The van der Waals surface area contributed by atoms with Gasteiger partial charge in [0.05, 0.1) is 6.42 Å². The Morgan fingerprint density at radius 3 is 2.23 bits per heavy atom. The number of carbonyl (C=O) groups is 2. The summed E-state index contributed by atoms with van der Waals surface area (Å²) in [5, 5.41) is 4.73. The van der Waals surface area contributed by atoms with Crippen LogP contribution in [0.4, 0.5) is 8.78 Å². The Morgan fingerprint density at radius 2 is 1.54 bits per heavy atom. The Balaban J connectivity index is 1.70. The Kier molecular flexibility index (Phi) is 8.00. The topological polar surface area (TPSA) is 49.4 Å². The van der Waals surface area contributed by atoms with Gasteiger partial charge in [0.15, 0.2) is 0 Å². The van der Waals surface area contributed by atoms with Crippen molar-refractivity contribution in [2.45, 2.75) is 25.6 Å². The predicted molar refractivity (Wildman–Crippen MR) is 132 cm³/mol. The first kappa shape index (κ1) is 24.3. The summed E-state index contributed by atoms with van der Waals surface area (Å²) < 4.78 is 28.5. The van der Waals surface area contributed by atoms with Crippen molar-refractivity contribution in [1.82, 2.24) is 10.2 Å². The third-order valence-electron chi connectivity index (χ3n) is 5.56. The van der Waals surface area contributed by atoms with Crippen molar-refractivity contribution in [1.29, 1.82) is 0 Å². The van der Waals surface area contributed by atoms with E-state index in [1.807, 2.05) is 47.8 Å². The molecule has 1 N–H and O–H groups in total. The third-order valence-corrected chi connectivity index (χ3v) is 6.44. The molecule has 178 valence electrons. The highest BCUT2D eigenvalue weighted by Crippen LogP contribution is 2.27. The van der Waals surface area contributed by atoms with Crippen LogP contribution >= 0.6 is 11.3 Å². The quantitative estimate of drug-likeness (QED) is 0.329. The molecule has 0 radical (unpaired) electrons. The second kappa shape index (κ2) is 11.5. The lowest BCUT2D eigenvalue weighted by atomic mass is 10.0. The molecule has 7 heteroatoms. The maximum Gasteiger partial charge on any atom is 0.247 e. The van der Waals surface area contributed by atoms with Crippen LogP contribution in [0.3, 0.4) is 0 Å². The molecule has 0 saturated heterocycles. The van der Waals surface area contributed by atoms with Gasteiger partial charge in [0.25, 0.3) is 0 Å². The van der Waals surface area contributed by atoms with Gasteiger partial charge < -0.3 is 10.2 Å². The van der Waals surface area contributed by atoms with Crippen LogP contribution in [0.15, 0.2) is 96.4 Å². The molecule has 35 heavy (non-hydrogen) atoms. The number of carbonyl (C=O) groups excluding carboxylic acids is 2. The van der Waals surface area contributed by atoms with E-state index >= 15 is 0 Å². The minimum absolute atomic E-state index is 0.0161. The van der Waals surface area contributed by atoms with Crippen molar-refractivity contribution >= 4 is 23.2 Å². The molecule has 2 amide bonds. The summed E-state index contributed by atoms with van der Waals surface area (Å²) in [6, 6.07) is 23.5. The van der Waals surface area contributed by atoms with Crippen LogP contribution in [0, 0.1) is 11.6 Å². The fourth-order valence-corrected chi connectivity index (χ4v) is 4.50. The first-order valence-electron chi connectivity index (χ1n) is 11.1. The van der Waals surface area contributed by atoms with Gasteiger partial charge in [-0.05, 0) is 40.8 Å². The van der Waals surface area contributed by atoms with Crippen molar-refractivity contribution in [3.05, 3.63) is 130 Å².